The molecule has 0 aromatic rings. The van der Waals surface area contributed by atoms with Gasteiger partial charge in [-0.25, -0.2) is 9.59 Å². The molecule has 1 rings (SSSR count). The molecule has 0 bridgehead atoms. The van der Waals surface area contributed by atoms with Gasteiger partial charge < -0.3 is 25.7 Å². The lowest BCUT2D eigenvalue weighted by molar-refractivity contribution is -0.135. The van der Waals surface area contributed by atoms with Crippen molar-refractivity contribution in [1.29, 1.82) is 0 Å². The van der Waals surface area contributed by atoms with Crippen molar-refractivity contribution in [2.24, 2.45) is 0 Å². The zero-order valence-corrected chi connectivity index (χ0v) is 11.5. The zero-order chi connectivity index (χ0) is 15.3. The first kappa shape index (κ1) is 16.0. The Balaban J connectivity index is 2.49. The van der Waals surface area contributed by atoms with Gasteiger partial charge in [0.15, 0.2) is 0 Å². The van der Waals surface area contributed by atoms with Crippen molar-refractivity contribution in [3.8, 4) is 0 Å². The van der Waals surface area contributed by atoms with Crippen LogP contribution in [0.2, 0.25) is 0 Å². The number of carbonyl (C=O) groups is 3. The summed E-state index contributed by atoms with van der Waals surface area (Å²) in [5.74, 6) is -1.98. The third-order valence-electron chi connectivity index (χ3n) is 2.79. The second-order valence-corrected chi connectivity index (χ2v) is 4.93. The lowest BCUT2D eigenvalue weighted by Gasteiger charge is -2.18. The molecule has 0 aliphatic carbocycles. The SMILES string of the molecule is CC(C)(O)/C(=C/C(=O)NCCN1CCNC1=O)C(=O)O. The van der Waals surface area contributed by atoms with Crippen molar-refractivity contribution in [3.05, 3.63) is 11.6 Å². The van der Waals surface area contributed by atoms with Gasteiger partial charge in [-0.15, -0.1) is 0 Å². The molecule has 0 aromatic carbocycles. The second kappa shape index (κ2) is 6.38. The van der Waals surface area contributed by atoms with Crippen LogP contribution in [0.3, 0.4) is 0 Å². The Labute approximate surface area is 116 Å². The largest absolute Gasteiger partial charge is 0.478 e. The lowest BCUT2D eigenvalue weighted by Crippen LogP contribution is -2.37. The Morgan fingerprint density at radius 2 is 2.15 bits per heavy atom. The number of rotatable bonds is 6. The molecule has 0 unspecified atom stereocenters. The smallest absolute Gasteiger partial charge is 0.334 e. The van der Waals surface area contributed by atoms with Crippen LogP contribution < -0.4 is 10.6 Å². The van der Waals surface area contributed by atoms with Crippen molar-refractivity contribution in [3.63, 3.8) is 0 Å². The highest BCUT2D eigenvalue weighted by atomic mass is 16.4. The van der Waals surface area contributed by atoms with E-state index >= 15 is 0 Å². The van der Waals surface area contributed by atoms with Crippen LogP contribution in [0.5, 0.6) is 0 Å². The van der Waals surface area contributed by atoms with Gasteiger partial charge in [0.2, 0.25) is 5.91 Å². The first-order valence-electron chi connectivity index (χ1n) is 6.20. The number of hydrogen-bond donors (Lipinski definition) is 4. The second-order valence-electron chi connectivity index (χ2n) is 4.93. The number of amides is 3. The Morgan fingerprint density at radius 3 is 2.60 bits per heavy atom. The molecule has 3 amide bonds. The maximum absolute atomic E-state index is 11.6. The molecule has 1 fully saturated rings. The minimum atomic E-state index is -1.61. The number of nitrogens with zero attached hydrogens (tertiary/aromatic N) is 1. The van der Waals surface area contributed by atoms with E-state index in [0.29, 0.717) is 19.6 Å². The van der Waals surface area contributed by atoms with Crippen molar-refractivity contribution in [1.82, 2.24) is 15.5 Å². The summed E-state index contributed by atoms with van der Waals surface area (Å²) < 4.78 is 0. The highest BCUT2D eigenvalue weighted by Crippen LogP contribution is 2.15. The molecule has 0 radical (unpaired) electrons. The molecule has 8 heteroatoms. The van der Waals surface area contributed by atoms with Crippen LogP contribution in [0, 0.1) is 0 Å². The molecule has 1 saturated heterocycles. The highest BCUT2D eigenvalue weighted by molar-refractivity contribution is 5.98. The number of aliphatic carboxylic acids is 1. The molecule has 20 heavy (non-hydrogen) atoms. The maximum Gasteiger partial charge on any atom is 0.334 e. The standard InChI is InChI=1S/C12H19N3O5/c1-12(2,20)8(10(17)18)7-9(16)13-3-5-15-6-4-14-11(15)19/h7,20H,3-6H2,1-2H3,(H,13,16)(H,14,19)(H,17,18)/b8-7+. The van der Waals surface area contributed by atoms with Crippen molar-refractivity contribution in [2.45, 2.75) is 19.4 Å². The average molecular weight is 285 g/mol. The Hall–Kier alpha value is -2.09. The van der Waals surface area contributed by atoms with Gasteiger partial charge in [0.1, 0.15) is 0 Å². The van der Waals surface area contributed by atoms with Crippen LogP contribution in [0.25, 0.3) is 0 Å². The molecule has 0 aromatic heterocycles. The minimum Gasteiger partial charge on any atom is -0.478 e. The van der Waals surface area contributed by atoms with E-state index < -0.39 is 23.1 Å². The quantitative estimate of drug-likeness (QED) is 0.462. The van der Waals surface area contributed by atoms with E-state index in [-0.39, 0.29) is 12.6 Å². The van der Waals surface area contributed by atoms with Crippen LogP contribution >= 0.6 is 0 Å². The van der Waals surface area contributed by atoms with Crippen LogP contribution in [-0.2, 0) is 9.59 Å². The topological polar surface area (TPSA) is 119 Å². The highest BCUT2D eigenvalue weighted by Gasteiger charge is 2.26. The Kier molecular flexibility index (Phi) is 5.09. The number of nitrogens with one attached hydrogen (secondary N) is 2. The third kappa shape index (κ3) is 4.54. The summed E-state index contributed by atoms with van der Waals surface area (Å²) >= 11 is 0. The van der Waals surface area contributed by atoms with E-state index in [4.69, 9.17) is 5.11 Å². The van der Waals surface area contributed by atoms with Crippen LogP contribution in [0.15, 0.2) is 11.6 Å². The van der Waals surface area contributed by atoms with Crippen molar-refractivity contribution < 1.29 is 24.6 Å². The van der Waals surface area contributed by atoms with E-state index in [1.165, 1.54) is 18.7 Å². The molecule has 0 atom stereocenters. The number of urea groups is 1. The van der Waals surface area contributed by atoms with Crippen LogP contribution in [0.1, 0.15) is 13.8 Å². The summed E-state index contributed by atoms with van der Waals surface area (Å²) in [4.78, 5) is 35.3. The average Bonchev–Trinajstić information content (AvgIpc) is 2.70. The van der Waals surface area contributed by atoms with Gasteiger partial charge in [-0.2, -0.15) is 0 Å². The molecule has 0 spiro atoms. The van der Waals surface area contributed by atoms with Crippen molar-refractivity contribution >= 4 is 17.9 Å². The summed E-state index contributed by atoms with van der Waals surface area (Å²) in [6.45, 7) is 4.28. The summed E-state index contributed by atoms with van der Waals surface area (Å²) in [7, 11) is 0. The molecule has 112 valence electrons. The first-order chi connectivity index (χ1) is 9.21. The fraction of sp³-hybridized carbons (Fsp3) is 0.583. The molecule has 1 heterocycles. The third-order valence-corrected chi connectivity index (χ3v) is 2.79. The van der Waals surface area contributed by atoms with Gasteiger partial charge in [0.25, 0.3) is 0 Å². The van der Waals surface area contributed by atoms with E-state index in [2.05, 4.69) is 10.6 Å². The Bertz CT molecular complexity index is 439. The first-order valence-corrected chi connectivity index (χ1v) is 6.20. The lowest BCUT2D eigenvalue weighted by atomic mass is 9.98. The fourth-order valence-corrected chi connectivity index (χ4v) is 1.72. The monoisotopic (exact) mass is 285 g/mol. The molecule has 1 aliphatic rings. The maximum atomic E-state index is 11.6. The molecule has 4 N–H and O–H groups in total. The Morgan fingerprint density at radius 1 is 1.50 bits per heavy atom. The summed E-state index contributed by atoms with van der Waals surface area (Å²) in [5.41, 5.74) is -2.01. The number of hydrogen-bond acceptors (Lipinski definition) is 4. The number of carboxylic acid groups (broad SMARTS) is 1. The summed E-state index contributed by atoms with van der Waals surface area (Å²) in [5, 5.41) is 23.7. The van der Waals surface area contributed by atoms with Gasteiger partial charge in [0.05, 0.1) is 11.2 Å². The van der Waals surface area contributed by atoms with Gasteiger partial charge in [-0.3, -0.25) is 4.79 Å². The molecule has 0 saturated carbocycles. The van der Waals surface area contributed by atoms with Gasteiger partial charge >= 0.3 is 12.0 Å². The van der Waals surface area contributed by atoms with Crippen LogP contribution in [0.4, 0.5) is 4.79 Å². The van der Waals surface area contributed by atoms with E-state index in [0.717, 1.165) is 6.08 Å². The summed E-state index contributed by atoms with van der Waals surface area (Å²) in [6, 6.07) is -0.183. The summed E-state index contributed by atoms with van der Waals surface area (Å²) in [6.07, 6.45) is 0.854. The number of carboxylic acids is 1. The van der Waals surface area contributed by atoms with Gasteiger partial charge in [-0.05, 0) is 13.8 Å². The van der Waals surface area contributed by atoms with E-state index in [1.807, 2.05) is 0 Å². The van der Waals surface area contributed by atoms with E-state index in [1.54, 1.807) is 0 Å². The predicted octanol–water partition coefficient (Wildman–Crippen LogP) is -1.09. The van der Waals surface area contributed by atoms with E-state index in [9.17, 15) is 19.5 Å². The molecule has 1 aliphatic heterocycles. The predicted molar refractivity (Wildman–Crippen MR) is 70.0 cm³/mol. The molecule has 8 nitrogen and oxygen atoms in total. The normalized spacial score (nSPS) is 16.1. The van der Waals surface area contributed by atoms with Gasteiger partial charge in [-0.1, -0.05) is 0 Å². The fourth-order valence-electron chi connectivity index (χ4n) is 1.72. The van der Waals surface area contributed by atoms with Crippen LogP contribution in [-0.4, -0.2) is 64.8 Å². The zero-order valence-electron chi connectivity index (χ0n) is 11.5. The van der Waals surface area contributed by atoms with Gasteiger partial charge in [0, 0.05) is 32.3 Å². The molecular formula is C12H19N3O5. The molecular weight excluding hydrogens is 266 g/mol. The minimum absolute atomic E-state index is 0.183. The number of carbonyl (C=O) groups excluding carboxylic acids is 2. The van der Waals surface area contributed by atoms with Crippen molar-refractivity contribution in [2.75, 3.05) is 26.2 Å². The number of aliphatic hydroxyl groups is 1.